The lowest BCUT2D eigenvalue weighted by molar-refractivity contribution is -0.126. The van der Waals surface area contributed by atoms with E-state index in [1.165, 1.54) is 0 Å². The summed E-state index contributed by atoms with van der Waals surface area (Å²) in [6, 6.07) is 5.28. The first-order valence-electron chi connectivity index (χ1n) is 8.58. The Kier molecular flexibility index (Phi) is 4.03. The number of carbonyl (C=O) groups excluding carboxylic acids is 2. The average Bonchev–Trinajstić information content (AvgIpc) is 3.22. The third kappa shape index (κ3) is 2.72. The third-order valence-electron chi connectivity index (χ3n) is 5.67. The molecule has 0 aliphatic carbocycles. The lowest BCUT2D eigenvalue weighted by Gasteiger charge is -2.41. The van der Waals surface area contributed by atoms with Crippen molar-refractivity contribution in [2.75, 3.05) is 40.1 Å². The number of hydrogen-bond donors (Lipinski definition) is 1. The van der Waals surface area contributed by atoms with Crippen LogP contribution in [-0.2, 0) is 9.53 Å². The summed E-state index contributed by atoms with van der Waals surface area (Å²) >= 11 is 0. The van der Waals surface area contributed by atoms with Crippen molar-refractivity contribution in [3.8, 4) is 11.5 Å². The summed E-state index contributed by atoms with van der Waals surface area (Å²) in [5, 5.41) is 2.97. The van der Waals surface area contributed by atoms with E-state index in [0.29, 0.717) is 43.3 Å². The van der Waals surface area contributed by atoms with Crippen LogP contribution in [0.5, 0.6) is 11.5 Å². The molecule has 3 heterocycles. The largest absolute Gasteiger partial charge is 0.454 e. The van der Waals surface area contributed by atoms with E-state index in [1.807, 2.05) is 4.90 Å². The van der Waals surface area contributed by atoms with Gasteiger partial charge in [-0.15, -0.1) is 0 Å². The molecule has 1 aromatic rings. The second-order valence-corrected chi connectivity index (χ2v) is 6.95. The van der Waals surface area contributed by atoms with Crippen molar-refractivity contribution in [1.82, 2.24) is 10.2 Å². The maximum absolute atomic E-state index is 12.8. The quantitative estimate of drug-likeness (QED) is 0.885. The van der Waals surface area contributed by atoms with Crippen LogP contribution in [0, 0.1) is 11.3 Å². The summed E-state index contributed by atoms with van der Waals surface area (Å²) in [4.78, 5) is 26.7. The number of fused-ring (bicyclic) bond motifs is 1. The average molecular weight is 346 g/mol. The molecule has 7 nitrogen and oxygen atoms in total. The van der Waals surface area contributed by atoms with Gasteiger partial charge in [-0.05, 0) is 31.0 Å². The second-order valence-electron chi connectivity index (χ2n) is 6.95. The molecular weight excluding hydrogens is 324 g/mol. The fourth-order valence-corrected chi connectivity index (χ4v) is 4.10. The summed E-state index contributed by atoms with van der Waals surface area (Å²) in [6.07, 6.45) is 1.60. The number of hydrogen-bond acceptors (Lipinski definition) is 5. The molecular formula is C18H22N2O5. The predicted octanol–water partition coefficient (Wildman–Crippen LogP) is 1.03. The highest BCUT2D eigenvalue weighted by Crippen LogP contribution is 2.42. The van der Waals surface area contributed by atoms with E-state index < -0.39 is 0 Å². The number of rotatable bonds is 3. The molecule has 0 bridgehead atoms. The Morgan fingerprint density at radius 1 is 1.32 bits per heavy atom. The Bertz CT molecular complexity index is 697. The molecule has 0 radical (unpaired) electrons. The number of methoxy groups -OCH3 is 1. The molecule has 3 aliphatic rings. The van der Waals surface area contributed by atoms with E-state index in [-0.39, 0.29) is 29.9 Å². The van der Waals surface area contributed by atoms with Crippen molar-refractivity contribution < 1.29 is 23.8 Å². The van der Waals surface area contributed by atoms with Gasteiger partial charge in [-0.25, -0.2) is 0 Å². The number of benzene rings is 1. The van der Waals surface area contributed by atoms with Gasteiger partial charge >= 0.3 is 0 Å². The van der Waals surface area contributed by atoms with Crippen LogP contribution in [0.25, 0.3) is 0 Å². The van der Waals surface area contributed by atoms with Crippen molar-refractivity contribution in [3.05, 3.63) is 23.8 Å². The lowest BCUT2D eigenvalue weighted by atomic mass is 9.71. The van der Waals surface area contributed by atoms with E-state index in [0.717, 1.165) is 12.8 Å². The van der Waals surface area contributed by atoms with E-state index in [4.69, 9.17) is 14.2 Å². The molecule has 0 aromatic heterocycles. The molecule has 2 fully saturated rings. The summed E-state index contributed by atoms with van der Waals surface area (Å²) in [7, 11) is 1.62. The number of amides is 2. The standard InChI is InChI=1S/C18H22N2O5/c1-23-9-13-16(21)19-10-18(13)4-6-20(7-5-18)17(22)12-2-3-14-15(8-12)25-11-24-14/h2-3,8,13H,4-7,9-11H2,1H3,(H,19,21)/t13-/m1/s1. The minimum absolute atomic E-state index is 0.00581. The van der Waals surface area contributed by atoms with Gasteiger partial charge in [-0.2, -0.15) is 0 Å². The minimum Gasteiger partial charge on any atom is -0.454 e. The summed E-state index contributed by atoms with van der Waals surface area (Å²) in [6.45, 7) is 2.58. The molecule has 7 heteroatoms. The maximum Gasteiger partial charge on any atom is 0.253 e. The van der Waals surface area contributed by atoms with Crippen LogP contribution in [0.3, 0.4) is 0 Å². The number of piperidine rings is 1. The van der Waals surface area contributed by atoms with Gasteiger partial charge in [0.1, 0.15) is 0 Å². The van der Waals surface area contributed by atoms with Gasteiger partial charge in [-0.3, -0.25) is 9.59 Å². The topological polar surface area (TPSA) is 77.1 Å². The molecule has 0 unspecified atom stereocenters. The number of ether oxygens (including phenoxy) is 3. The number of nitrogens with one attached hydrogen (secondary N) is 1. The molecule has 2 amide bonds. The summed E-state index contributed by atoms with van der Waals surface area (Å²) in [5.74, 6) is 1.23. The van der Waals surface area contributed by atoms with E-state index in [1.54, 1.807) is 25.3 Å². The monoisotopic (exact) mass is 346 g/mol. The molecule has 1 aromatic carbocycles. The second kappa shape index (κ2) is 6.22. The van der Waals surface area contributed by atoms with Crippen LogP contribution in [0.15, 0.2) is 18.2 Å². The Morgan fingerprint density at radius 2 is 2.08 bits per heavy atom. The van der Waals surface area contributed by atoms with E-state index in [9.17, 15) is 9.59 Å². The van der Waals surface area contributed by atoms with E-state index in [2.05, 4.69) is 5.32 Å². The molecule has 4 rings (SSSR count). The molecule has 3 aliphatic heterocycles. The predicted molar refractivity (Wildman–Crippen MR) is 88.5 cm³/mol. The highest BCUT2D eigenvalue weighted by atomic mass is 16.7. The first-order chi connectivity index (χ1) is 12.1. The fraction of sp³-hybridized carbons (Fsp3) is 0.556. The van der Waals surface area contributed by atoms with Crippen molar-refractivity contribution in [1.29, 1.82) is 0 Å². The Morgan fingerprint density at radius 3 is 2.84 bits per heavy atom. The minimum atomic E-state index is -0.125. The number of likely N-dealkylation sites (tertiary alicyclic amines) is 1. The van der Waals surface area contributed by atoms with Crippen LogP contribution in [-0.4, -0.2) is 56.9 Å². The highest BCUT2D eigenvalue weighted by Gasteiger charge is 2.50. The first-order valence-corrected chi connectivity index (χ1v) is 8.58. The summed E-state index contributed by atoms with van der Waals surface area (Å²) < 4.78 is 15.9. The smallest absolute Gasteiger partial charge is 0.253 e. The van der Waals surface area contributed by atoms with Crippen molar-refractivity contribution >= 4 is 11.8 Å². The number of nitrogens with zero attached hydrogens (tertiary/aromatic N) is 1. The van der Waals surface area contributed by atoms with Gasteiger partial charge in [0, 0.05) is 37.7 Å². The molecule has 134 valence electrons. The van der Waals surface area contributed by atoms with Crippen LogP contribution in [0.2, 0.25) is 0 Å². The Hall–Kier alpha value is -2.28. The molecule has 1 N–H and O–H groups in total. The normalized spacial score (nSPS) is 23.8. The van der Waals surface area contributed by atoms with Crippen LogP contribution in [0.1, 0.15) is 23.2 Å². The Balaban J connectivity index is 1.45. The SMILES string of the molecule is COC[C@@H]1C(=O)NCC12CCN(C(=O)c1ccc3c(c1)OCO3)CC2. The molecule has 25 heavy (non-hydrogen) atoms. The summed E-state index contributed by atoms with van der Waals surface area (Å²) in [5.41, 5.74) is 0.507. The zero-order valence-electron chi connectivity index (χ0n) is 14.2. The molecule has 0 saturated carbocycles. The van der Waals surface area contributed by atoms with Gasteiger partial charge in [0.05, 0.1) is 12.5 Å². The van der Waals surface area contributed by atoms with Gasteiger partial charge in [0.2, 0.25) is 12.7 Å². The van der Waals surface area contributed by atoms with Gasteiger partial charge in [0.25, 0.3) is 5.91 Å². The Labute approximate surface area is 146 Å². The van der Waals surface area contributed by atoms with Crippen molar-refractivity contribution in [3.63, 3.8) is 0 Å². The van der Waals surface area contributed by atoms with E-state index >= 15 is 0 Å². The lowest BCUT2D eigenvalue weighted by Crippen LogP contribution is -2.47. The van der Waals surface area contributed by atoms with Crippen LogP contribution < -0.4 is 14.8 Å². The van der Waals surface area contributed by atoms with Crippen molar-refractivity contribution in [2.45, 2.75) is 12.8 Å². The number of carbonyl (C=O) groups is 2. The highest BCUT2D eigenvalue weighted by molar-refractivity contribution is 5.95. The molecule has 1 atom stereocenters. The zero-order chi connectivity index (χ0) is 17.4. The van der Waals surface area contributed by atoms with Gasteiger partial charge in [-0.1, -0.05) is 0 Å². The first kappa shape index (κ1) is 16.2. The van der Waals surface area contributed by atoms with Crippen LogP contribution >= 0.6 is 0 Å². The molecule has 1 spiro atoms. The maximum atomic E-state index is 12.8. The zero-order valence-corrected chi connectivity index (χ0v) is 14.2. The van der Waals surface area contributed by atoms with Gasteiger partial charge in [0.15, 0.2) is 11.5 Å². The van der Waals surface area contributed by atoms with Crippen molar-refractivity contribution in [2.24, 2.45) is 11.3 Å². The third-order valence-corrected chi connectivity index (χ3v) is 5.67. The van der Waals surface area contributed by atoms with Gasteiger partial charge < -0.3 is 24.4 Å². The molecule has 2 saturated heterocycles. The fourth-order valence-electron chi connectivity index (χ4n) is 4.10. The van der Waals surface area contributed by atoms with Crippen LogP contribution in [0.4, 0.5) is 0 Å².